The fourth-order valence-electron chi connectivity index (χ4n) is 4.50. The summed E-state index contributed by atoms with van der Waals surface area (Å²) in [5.74, 6) is -0.372. The summed E-state index contributed by atoms with van der Waals surface area (Å²) >= 11 is 5.97. The minimum Gasteiger partial charge on any atom is -0.350 e. The Morgan fingerprint density at radius 1 is 0.917 bits per heavy atom. The Hall–Kier alpha value is -2.87. The van der Waals surface area contributed by atoms with Gasteiger partial charge in [0.15, 0.2) is 0 Å². The van der Waals surface area contributed by atoms with Crippen molar-refractivity contribution in [2.45, 2.75) is 44.2 Å². The zero-order chi connectivity index (χ0) is 25.5. The summed E-state index contributed by atoms with van der Waals surface area (Å²) < 4.78 is 28.3. The van der Waals surface area contributed by atoms with Crippen LogP contribution in [0.3, 0.4) is 0 Å². The van der Waals surface area contributed by atoms with Crippen LogP contribution >= 0.6 is 11.6 Å². The van der Waals surface area contributed by atoms with E-state index in [4.69, 9.17) is 11.6 Å². The van der Waals surface area contributed by atoms with E-state index in [1.54, 1.807) is 12.1 Å². The number of amides is 1. The number of carbonyl (C=O) groups excluding carboxylic acids is 1. The molecule has 190 valence electrons. The lowest BCUT2D eigenvalue weighted by Gasteiger charge is -2.27. The number of likely N-dealkylation sites (tertiary alicyclic amines) is 1. The summed E-state index contributed by atoms with van der Waals surface area (Å²) in [5.41, 5.74) is 3.45. The first kappa shape index (κ1) is 26.2. The van der Waals surface area contributed by atoms with Gasteiger partial charge in [-0.05, 0) is 79.9 Å². The number of piperidine rings is 1. The highest BCUT2D eigenvalue weighted by Gasteiger charge is 2.28. The van der Waals surface area contributed by atoms with E-state index in [9.17, 15) is 13.2 Å². The third kappa shape index (κ3) is 6.46. The summed E-state index contributed by atoms with van der Waals surface area (Å²) in [5, 5.41) is 3.39. The molecule has 0 unspecified atom stereocenters. The van der Waals surface area contributed by atoms with Crippen LogP contribution in [0.1, 0.15) is 36.0 Å². The van der Waals surface area contributed by atoms with E-state index >= 15 is 0 Å². The highest BCUT2D eigenvalue weighted by molar-refractivity contribution is 7.92. The number of hydrogen-bond acceptors (Lipinski definition) is 4. The Kier molecular flexibility index (Phi) is 8.67. The second-order valence-corrected chi connectivity index (χ2v) is 11.4. The summed E-state index contributed by atoms with van der Waals surface area (Å²) in [6, 6.07) is 21.2. The van der Waals surface area contributed by atoms with Crippen molar-refractivity contribution in [3.05, 3.63) is 94.5 Å². The van der Waals surface area contributed by atoms with Crippen molar-refractivity contribution in [1.29, 1.82) is 0 Å². The number of nitrogens with zero attached hydrogens (tertiary/aromatic N) is 2. The van der Waals surface area contributed by atoms with Crippen molar-refractivity contribution in [2.75, 3.05) is 23.9 Å². The van der Waals surface area contributed by atoms with Gasteiger partial charge in [0.25, 0.3) is 10.0 Å². The van der Waals surface area contributed by atoms with E-state index in [1.165, 1.54) is 53.4 Å². The van der Waals surface area contributed by atoms with Gasteiger partial charge in [0.05, 0.1) is 10.6 Å². The fraction of sp³-hybridized carbons (Fsp3) is 0.321. The molecule has 3 aromatic carbocycles. The second kappa shape index (κ2) is 11.9. The first-order chi connectivity index (χ1) is 17.3. The molecular weight excluding hydrogens is 494 g/mol. The molecule has 1 heterocycles. The minimum atomic E-state index is -3.99. The van der Waals surface area contributed by atoms with Crippen molar-refractivity contribution < 1.29 is 13.2 Å². The van der Waals surface area contributed by atoms with Crippen LogP contribution in [-0.4, -0.2) is 38.9 Å². The van der Waals surface area contributed by atoms with Crippen molar-refractivity contribution >= 4 is 33.2 Å². The Balaban J connectivity index is 1.51. The number of nitrogens with one attached hydrogen (secondary N) is 1. The zero-order valence-corrected chi connectivity index (χ0v) is 22.1. The van der Waals surface area contributed by atoms with Gasteiger partial charge in [0, 0.05) is 18.1 Å². The summed E-state index contributed by atoms with van der Waals surface area (Å²) in [4.78, 5) is 15.6. The molecule has 0 aliphatic carbocycles. The third-order valence-corrected chi connectivity index (χ3v) is 8.54. The van der Waals surface area contributed by atoms with Gasteiger partial charge in [-0.3, -0.25) is 14.0 Å². The molecule has 0 spiro atoms. The molecule has 4 rings (SSSR count). The second-order valence-electron chi connectivity index (χ2n) is 9.13. The van der Waals surface area contributed by atoms with Gasteiger partial charge < -0.3 is 5.32 Å². The first-order valence-corrected chi connectivity index (χ1v) is 14.1. The van der Waals surface area contributed by atoms with Crippen molar-refractivity contribution in [3.8, 4) is 0 Å². The molecule has 3 aromatic rings. The molecule has 1 aliphatic rings. The molecule has 1 aliphatic heterocycles. The lowest BCUT2D eigenvalue weighted by atomic mass is 10.0. The standard InChI is InChI=1S/C28H32ClN3O3S/c1-22-9-3-6-12-27(22)32(36(34,35)26-15-13-25(29)14-16-26)21-28(33)30-19-23-10-4-5-11-24(23)20-31-17-7-2-8-18-31/h3-6,9-16H,2,7-8,17-21H2,1H3,(H,30,33). The van der Waals surface area contributed by atoms with Crippen LogP contribution in [0.25, 0.3) is 0 Å². The molecule has 0 aromatic heterocycles. The lowest BCUT2D eigenvalue weighted by Crippen LogP contribution is -2.41. The van der Waals surface area contributed by atoms with Gasteiger partial charge >= 0.3 is 0 Å². The first-order valence-electron chi connectivity index (χ1n) is 12.2. The summed E-state index contributed by atoms with van der Waals surface area (Å²) in [6.45, 7) is 4.87. The predicted octanol–water partition coefficient (Wildman–Crippen LogP) is 5.15. The normalized spacial score (nSPS) is 14.4. The number of para-hydroxylation sites is 1. The van der Waals surface area contributed by atoms with Crippen LogP contribution < -0.4 is 9.62 Å². The molecule has 6 nitrogen and oxygen atoms in total. The van der Waals surface area contributed by atoms with Crippen LogP contribution in [0.15, 0.2) is 77.7 Å². The zero-order valence-electron chi connectivity index (χ0n) is 20.5. The average molecular weight is 526 g/mol. The van der Waals surface area contributed by atoms with E-state index in [0.29, 0.717) is 17.3 Å². The maximum Gasteiger partial charge on any atom is 0.264 e. The van der Waals surface area contributed by atoms with Gasteiger partial charge in [0.1, 0.15) is 6.54 Å². The Morgan fingerprint density at radius 2 is 1.56 bits per heavy atom. The maximum atomic E-state index is 13.6. The highest BCUT2D eigenvalue weighted by atomic mass is 35.5. The molecular formula is C28H32ClN3O3S. The summed E-state index contributed by atoms with van der Waals surface area (Å²) in [6.07, 6.45) is 3.72. The number of anilines is 1. The Morgan fingerprint density at radius 3 is 2.25 bits per heavy atom. The topological polar surface area (TPSA) is 69.7 Å². The van der Waals surface area contributed by atoms with E-state index in [1.807, 2.05) is 37.3 Å². The summed E-state index contributed by atoms with van der Waals surface area (Å²) in [7, 11) is -3.99. The van der Waals surface area contributed by atoms with Gasteiger partial charge in [-0.2, -0.15) is 0 Å². The third-order valence-electron chi connectivity index (χ3n) is 6.51. The van der Waals surface area contributed by atoms with Crippen LogP contribution in [0.5, 0.6) is 0 Å². The highest BCUT2D eigenvalue weighted by Crippen LogP contribution is 2.27. The van der Waals surface area contributed by atoms with E-state index in [2.05, 4.69) is 16.3 Å². The molecule has 36 heavy (non-hydrogen) atoms. The van der Waals surface area contributed by atoms with E-state index in [-0.39, 0.29) is 17.3 Å². The fourth-order valence-corrected chi connectivity index (χ4v) is 6.11. The Labute approximate surface area is 218 Å². The van der Waals surface area contributed by atoms with Crippen LogP contribution in [0, 0.1) is 6.92 Å². The van der Waals surface area contributed by atoms with E-state index in [0.717, 1.165) is 30.8 Å². The number of benzene rings is 3. The molecule has 1 N–H and O–H groups in total. The average Bonchev–Trinajstić information content (AvgIpc) is 2.88. The molecule has 1 fully saturated rings. The SMILES string of the molecule is Cc1ccccc1N(CC(=O)NCc1ccccc1CN1CCCCC1)S(=O)(=O)c1ccc(Cl)cc1. The number of halogens is 1. The molecule has 0 bridgehead atoms. The number of sulfonamides is 1. The lowest BCUT2D eigenvalue weighted by molar-refractivity contribution is -0.119. The number of carbonyl (C=O) groups is 1. The maximum absolute atomic E-state index is 13.6. The van der Waals surface area contributed by atoms with Crippen molar-refractivity contribution in [2.24, 2.45) is 0 Å². The van der Waals surface area contributed by atoms with E-state index < -0.39 is 10.0 Å². The number of aryl methyl sites for hydroxylation is 1. The van der Waals surface area contributed by atoms with Crippen molar-refractivity contribution in [3.63, 3.8) is 0 Å². The molecule has 0 atom stereocenters. The number of hydrogen-bond donors (Lipinski definition) is 1. The number of rotatable bonds is 9. The quantitative estimate of drug-likeness (QED) is 0.419. The van der Waals surface area contributed by atoms with Crippen LogP contribution in [-0.2, 0) is 27.9 Å². The minimum absolute atomic E-state index is 0.0785. The smallest absolute Gasteiger partial charge is 0.264 e. The monoisotopic (exact) mass is 525 g/mol. The van der Waals surface area contributed by atoms with Gasteiger partial charge in [-0.25, -0.2) is 8.42 Å². The molecule has 0 saturated carbocycles. The largest absolute Gasteiger partial charge is 0.350 e. The van der Waals surface area contributed by atoms with Crippen molar-refractivity contribution in [1.82, 2.24) is 10.2 Å². The molecule has 8 heteroatoms. The molecule has 0 radical (unpaired) electrons. The molecule has 1 saturated heterocycles. The van der Waals surface area contributed by atoms with Crippen LogP contribution in [0.2, 0.25) is 5.02 Å². The van der Waals surface area contributed by atoms with Crippen LogP contribution in [0.4, 0.5) is 5.69 Å². The predicted molar refractivity (Wildman–Crippen MR) is 145 cm³/mol. The Bertz CT molecular complexity index is 1290. The van der Waals surface area contributed by atoms with Gasteiger partial charge in [-0.1, -0.05) is 60.5 Å². The van der Waals surface area contributed by atoms with Gasteiger partial charge in [0.2, 0.25) is 5.91 Å². The molecule has 1 amide bonds. The van der Waals surface area contributed by atoms with Gasteiger partial charge in [-0.15, -0.1) is 0 Å².